The van der Waals surface area contributed by atoms with Gasteiger partial charge in [-0.1, -0.05) is 30.3 Å². The van der Waals surface area contributed by atoms with E-state index in [2.05, 4.69) is 45.5 Å². The molecule has 4 N–H and O–H groups in total. The highest BCUT2D eigenvalue weighted by molar-refractivity contribution is 5.92. The van der Waals surface area contributed by atoms with Crippen LogP contribution in [0.2, 0.25) is 0 Å². The molecular weight excluding hydrogens is 380 g/mol. The fourth-order valence-corrected chi connectivity index (χ4v) is 4.24. The zero-order valence-electron chi connectivity index (χ0n) is 17.2. The second-order valence-corrected chi connectivity index (χ2v) is 8.33. The van der Waals surface area contributed by atoms with Gasteiger partial charge in [0.1, 0.15) is 12.2 Å². The van der Waals surface area contributed by atoms with Crippen molar-refractivity contribution in [1.82, 2.24) is 15.2 Å². The van der Waals surface area contributed by atoms with Crippen LogP contribution in [-0.2, 0) is 0 Å². The number of carbonyl (C=O) groups excluding carboxylic acids is 1. The van der Waals surface area contributed by atoms with E-state index in [1.807, 2.05) is 0 Å². The van der Waals surface area contributed by atoms with Gasteiger partial charge in [-0.25, -0.2) is 0 Å². The van der Waals surface area contributed by atoms with Crippen LogP contribution in [0.25, 0.3) is 0 Å². The Hall–Kier alpha value is -2.64. The van der Waals surface area contributed by atoms with Gasteiger partial charge in [0.2, 0.25) is 0 Å². The van der Waals surface area contributed by atoms with Crippen LogP contribution in [0.1, 0.15) is 41.1 Å². The van der Waals surface area contributed by atoms with Gasteiger partial charge in [0.15, 0.2) is 5.88 Å². The summed E-state index contributed by atoms with van der Waals surface area (Å²) in [7, 11) is 0. The van der Waals surface area contributed by atoms with Gasteiger partial charge in [-0.05, 0) is 62.5 Å². The van der Waals surface area contributed by atoms with Crippen molar-refractivity contribution >= 4 is 5.91 Å². The van der Waals surface area contributed by atoms with Gasteiger partial charge in [0, 0.05) is 18.5 Å². The predicted octanol–water partition coefficient (Wildman–Crippen LogP) is 1.71. The fourth-order valence-electron chi connectivity index (χ4n) is 4.24. The van der Waals surface area contributed by atoms with Crippen LogP contribution in [0.3, 0.4) is 0 Å². The molecule has 1 saturated carbocycles. The maximum atomic E-state index is 11.7. The number of hydrogen-bond donors (Lipinski definition) is 3. The van der Waals surface area contributed by atoms with E-state index in [0.29, 0.717) is 24.4 Å². The number of amides is 1. The minimum Gasteiger partial charge on any atom is -0.478 e. The molecule has 4 rings (SSSR count). The third kappa shape index (κ3) is 5.29. The van der Waals surface area contributed by atoms with Crippen molar-refractivity contribution in [2.75, 3.05) is 32.8 Å². The summed E-state index contributed by atoms with van der Waals surface area (Å²) in [5.74, 6) is 1.04. The van der Waals surface area contributed by atoms with Crippen molar-refractivity contribution in [3.05, 3.63) is 63.9 Å². The number of nitrogens with one attached hydrogen (secondary N) is 2. The maximum absolute atomic E-state index is 11.7. The molecule has 30 heavy (non-hydrogen) atoms. The number of H-pyrrole nitrogens is 1. The Bertz CT molecular complexity index is 906. The first kappa shape index (κ1) is 20.6. The second kappa shape index (κ2) is 9.45. The Kier molecular flexibility index (Phi) is 6.50. The van der Waals surface area contributed by atoms with Crippen molar-refractivity contribution in [3.63, 3.8) is 0 Å². The molecule has 7 heteroatoms. The number of ether oxygens (including phenoxy) is 1. The molecule has 2 heterocycles. The number of piperidine rings is 1. The summed E-state index contributed by atoms with van der Waals surface area (Å²) >= 11 is 0. The summed E-state index contributed by atoms with van der Waals surface area (Å²) in [5, 5.41) is 3.76. The van der Waals surface area contributed by atoms with Crippen molar-refractivity contribution in [3.8, 4) is 5.88 Å². The van der Waals surface area contributed by atoms with Crippen LogP contribution < -0.4 is 21.3 Å². The minimum atomic E-state index is -0.738. The normalized spacial score (nSPS) is 22.0. The number of nitrogens with two attached hydrogens (primary N) is 1. The van der Waals surface area contributed by atoms with Crippen LogP contribution in [-0.4, -0.2) is 54.6 Å². The molecule has 2 atom stereocenters. The standard InChI is InChI=1S/C23H30N4O3/c24-22(28)18-6-7-21(26-23(18)29)30-13-12-27-10-8-16(9-11-27)15-25-20-14-19(20)17-4-2-1-3-5-17/h1-7,16,19-20,25H,8-15H2,(H2,24,28)(H,26,29). The van der Waals surface area contributed by atoms with Crippen molar-refractivity contribution < 1.29 is 9.53 Å². The number of aromatic nitrogens is 1. The lowest BCUT2D eigenvalue weighted by molar-refractivity contribution is 0.0998. The van der Waals surface area contributed by atoms with Gasteiger partial charge in [-0.15, -0.1) is 0 Å². The van der Waals surface area contributed by atoms with Gasteiger partial charge in [-0.3, -0.25) is 19.5 Å². The molecule has 0 spiro atoms. The lowest BCUT2D eigenvalue weighted by Crippen LogP contribution is -2.39. The second-order valence-electron chi connectivity index (χ2n) is 8.33. The van der Waals surface area contributed by atoms with E-state index in [-0.39, 0.29) is 5.56 Å². The lowest BCUT2D eigenvalue weighted by atomic mass is 9.97. The van der Waals surface area contributed by atoms with Crippen LogP contribution in [0, 0.1) is 5.92 Å². The number of hydrogen-bond acceptors (Lipinski definition) is 5. The Morgan fingerprint density at radius 2 is 1.93 bits per heavy atom. The molecule has 1 saturated heterocycles. The maximum Gasteiger partial charge on any atom is 0.263 e. The molecule has 1 aliphatic carbocycles. The number of nitrogens with zero attached hydrogens (tertiary/aromatic N) is 1. The molecule has 2 aromatic rings. The average molecular weight is 411 g/mol. The van der Waals surface area contributed by atoms with E-state index in [1.165, 1.54) is 30.9 Å². The van der Waals surface area contributed by atoms with Gasteiger partial charge in [0.25, 0.3) is 11.5 Å². The summed E-state index contributed by atoms with van der Waals surface area (Å²) in [4.78, 5) is 27.8. The van der Waals surface area contributed by atoms with Crippen molar-refractivity contribution in [1.29, 1.82) is 0 Å². The Morgan fingerprint density at radius 3 is 2.63 bits per heavy atom. The molecule has 2 fully saturated rings. The molecule has 7 nitrogen and oxygen atoms in total. The summed E-state index contributed by atoms with van der Waals surface area (Å²) in [6, 6.07) is 14.4. The third-order valence-electron chi connectivity index (χ3n) is 6.21. The van der Waals surface area contributed by atoms with Gasteiger partial charge in [-0.2, -0.15) is 0 Å². The topological polar surface area (TPSA) is 100 Å². The summed E-state index contributed by atoms with van der Waals surface area (Å²) < 4.78 is 5.63. The molecular formula is C23H30N4O3. The third-order valence-corrected chi connectivity index (χ3v) is 6.21. The summed E-state index contributed by atoms with van der Waals surface area (Å²) in [6.45, 7) is 4.55. The van der Waals surface area contributed by atoms with Crippen LogP contribution in [0.5, 0.6) is 5.88 Å². The lowest BCUT2D eigenvalue weighted by Gasteiger charge is -2.32. The van der Waals surface area contributed by atoms with Crippen LogP contribution >= 0.6 is 0 Å². The Balaban J connectivity index is 1.12. The molecule has 2 unspecified atom stereocenters. The summed E-state index contributed by atoms with van der Waals surface area (Å²) in [5.41, 5.74) is 6.02. The molecule has 1 aromatic heterocycles. The van der Waals surface area contributed by atoms with Gasteiger partial charge >= 0.3 is 0 Å². The highest BCUT2D eigenvalue weighted by Crippen LogP contribution is 2.40. The first-order valence-electron chi connectivity index (χ1n) is 10.8. The van der Waals surface area contributed by atoms with E-state index in [9.17, 15) is 9.59 Å². The zero-order valence-corrected chi connectivity index (χ0v) is 17.2. The molecule has 0 bridgehead atoms. The highest BCUT2D eigenvalue weighted by atomic mass is 16.5. The number of primary amides is 1. The highest BCUT2D eigenvalue weighted by Gasteiger charge is 2.38. The molecule has 2 aliphatic rings. The minimum absolute atomic E-state index is 0.0562. The van der Waals surface area contributed by atoms with Gasteiger partial charge in [0.05, 0.1) is 0 Å². The van der Waals surface area contributed by atoms with E-state index in [1.54, 1.807) is 6.07 Å². The number of carbonyl (C=O) groups is 1. The summed E-state index contributed by atoms with van der Waals surface area (Å²) in [6.07, 6.45) is 3.64. The monoisotopic (exact) mass is 410 g/mol. The Morgan fingerprint density at radius 1 is 1.17 bits per heavy atom. The predicted molar refractivity (Wildman–Crippen MR) is 116 cm³/mol. The molecule has 0 radical (unpaired) electrons. The van der Waals surface area contributed by atoms with Crippen molar-refractivity contribution in [2.45, 2.75) is 31.2 Å². The number of likely N-dealkylation sites (tertiary alicyclic amines) is 1. The van der Waals surface area contributed by atoms with Crippen LogP contribution in [0.15, 0.2) is 47.3 Å². The number of pyridine rings is 1. The average Bonchev–Trinajstić information content (AvgIpc) is 3.53. The van der Waals surface area contributed by atoms with Gasteiger partial charge < -0.3 is 15.8 Å². The van der Waals surface area contributed by atoms with Crippen molar-refractivity contribution in [2.24, 2.45) is 11.7 Å². The Labute approximate surface area is 176 Å². The molecule has 1 amide bonds. The smallest absolute Gasteiger partial charge is 0.263 e. The van der Waals surface area contributed by atoms with Crippen LogP contribution in [0.4, 0.5) is 0 Å². The first-order chi connectivity index (χ1) is 14.6. The van der Waals surface area contributed by atoms with E-state index >= 15 is 0 Å². The first-order valence-corrected chi connectivity index (χ1v) is 10.8. The number of rotatable bonds is 9. The van der Waals surface area contributed by atoms with E-state index in [0.717, 1.165) is 32.1 Å². The quantitative estimate of drug-likeness (QED) is 0.584. The SMILES string of the molecule is NC(=O)c1ccc(OCCN2CCC(CNC3CC3c3ccccc3)CC2)[nH]c1=O. The fraction of sp³-hybridized carbons (Fsp3) is 0.478. The largest absolute Gasteiger partial charge is 0.478 e. The van der Waals surface area contributed by atoms with E-state index in [4.69, 9.17) is 10.5 Å². The zero-order chi connectivity index (χ0) is 20.9. The molecule has 1 aromatic carbocycles. The molecule has 160 valence electrons. The number of aromatic amines is 1. The molecule has 1 aliphatic heterocycles. The van der Waals surface area contributed by atoms with E-state index < -0.39 is 11.5 Å². The number of benzene rings is 1.